The maximum atomic E-state index is 13.3. The van der Waals surface area contributed by atoms with Gasteiger partial charge in [0.2, 0.25) is 0 Å². The summed E-state index contributed by atoms with van der Waals surface area (Å²) in [6.07, 6.45) is 6.48. The van der Waals surface area contributed by atoms with Crippen LogP contribution in [0.4, 0.5) is 9.18 Å². The van der Waals surface area contributed by atoms with Crippen LogP contribution in [0, 0.1) is 5.82 Å². The van der Waals surface area contributed by atoms with Gasteiger partial charge < -0.3 is 15.2 Å². The first-order valence-corrected chi connectivity index (χ1v) is 8.13. The summed E-state index contributed by atoms with van der Waals surface area (Å²) < 4.78 is 15.3. The Kier molecular flexibility index (Phi) is 4.95. The van der Waals surface area contributed by atoms with Crippen LogP contribution in [0.2, 0.25) is 0 Å². The number of halogens is 1. The summed E-state index contributed by atoms with van der Waals surface area (Å²) in [7, 11) is 0. The average molecular weight is 315 g/mol. The second-order valence-electron chi connectivity index (χ2n) is 6.07. The predicted octanol–water partition coefficient (Wildman–Crippen LogP) is 3.42. The van der Waals surface area contributed by atoms with Gasteiger partial charge in [-0.25, -0.2) is 9.18 Å². The van der Waals surface area contributed by atoms with Crippen LogP contribution in [0.3, 0.4) is 0 Å². The van der Waals surface area contributed by atoms with Crippen LogP contribution < -0.4 is 10.6 Å². The number of carbonyl (C=O) groups excluding carboxylic acids is 1. The molecule has 0 spiro atoms. The van der Waals surface area contributed by atoms with E-state index in [-0.39, 0.29) is 11.8 Å². The van der Waals surface area contributed by atoms with Crippen molar-refractivity contribution in [3.05, 3.63) is 59.7 Å². The Bertz CT molecular complexity index is 662. The van der Waals surface area contributed by atoms with E-state index in [1.165, 1.54) is 25.0 Å². The van der Waals surface area contributed by atoms with Crippen LogP contribution in [0.15, 0.2) is 42.6 Å². The fourth-order valence-corrected chi connectivity index (χ4v) is 3.07. The van der Waals surface area contributed by atoms with Gasteiger partial charge in [0.1, 0.15) is 5.82 Å². The lowest BCUT2D eigenvalue weighted by Gasteiger charge is -2.14. The molecule has 3 rings (SSSR count). The smallest absolute Gasteiger partial charge is 0.315 e. The zero-order valence-electron chi connectivity index (χ0n) is 13.1. The van der Waals surface area contributed by atoms with Gasteiger partial charge in [0.05, 0.1) is 6.54 Å². The zero-order chi connectivity index (χ0) is 16.1. The molecule has 1 aliphatic rings. The van der Waals surface area contributed by atoms with Gasteiger partial charge in [0.15, 0.2) is 0 Å². The number of urea groups is 1. The van der Waals surface area contributed by atoms with Crippen molar-refractivity contribution in [2.45, 2.75) is 44.8 Å². The first-order chi connectivity index (χ1) is 11.2. The third-order valence-corrected chi connectivity index (χ3v) is 4.29. The number of amides is 2. The van der Waals surface area contributed by atoms with Crippen molar-refractivity contribution >= 4 is 6.03 Å². The minimum Gasteiger partial charge on any atom is -0.345 e. The van der Waals surface area contributed by atoms with Crippen molar-refractivity contribution in [1.82, 2.24) is 15.2 Å². The summed E-state index contributed by atoms with van der Waals surface area (Å²) in [5.41, 5.74) is 1.90. The molecule has 1 aliphatic carbocycles. The van der Waals surface area contributed by atoms with E-state index in [4.69, 9.17) is 0 Å². The highest BCUT2D eigenvalue weighted by molar-refractivity contribution is 5.74. The van der Waals surface area contributed by atoms with Crippen molar-refractivity contribution in [3.63, 3.8) is 0 Å². The van der Waals surface area contributed by atoms with Crippen molar-refractivity contribution in [2.75, 3.05) is 0 Å². The molecular formula is C18H22FN3O. The molecule has 4 nitrogen and oxygen atoms in total. The molecule has 0 atom stereocenters. The lowest BCUT2D eigenvalue weighted by atomic mass is 10.2. The van der Waals surface area contributed by atoms with E-state index in [9.17, 15) is 9.18 Å². The van der Waals surface area contributed by atoms with E-state index in [1.54, 1.807) is 6.07 Å². The standard InChI is InChI=1S/C18H22FN3O/c19-15-6-3-5-14(11-15)13-22-10-4-9-17(22)12-20-18(23)21-16-7-1-2-8-16/h3-6,9-11,16H,1-2,7-8,12-13H2,(H2,20,21,23). The van der Waals surface area contributed by atoms with Gasteiger partial charge in [-0.3, -0.25) is 0 Å². The lowest BCUT2D eigenvalue weighted by Crippen LogP contribution is -2.40. The van der Waals surface area contributed by atoms with Crippen molar-refractivity contribution in [3.8, 4) is 0 Å². The number of nitrogens with one attached hydrogen (secondary N) is 2. The molecule has 2 N–H and O–H groups in total. The van der Waals surface area contributed by atoms with E-state index < -0.39 is 0 Å². The lowest BCUT2D eigenvalue weighted by molar-refractivity contribution is 0.236. The fourth-order valence-electron chi connectivity index (χ4n) is 3.07. The first kappa shape index (κ1) is 15.6. The van der Waals surface area contributed by atoms with Crippen LogP contribution in [0.25, 0.3) is 0 Å². The largest absolute Gasteiger partial charge is 0.345 e. The summed E-state index contributed by atoms with van der Waals surface area (Å²) in [4.78, 5) is 11.9. The van der Waals surface area contributed by atoms with Crippen LogP contribution in [-0.4, -0.2) is 16.6 Å². The second kappa shape index (κ2) is 7.31. The molecule has 1 aromatic carbocycles. The number of hydrogen-bond acceptors (Lipinski definition) is 1. The van der Waals surface area contributed by atoms with E-state index in [0.717, 1.165) is 24.1 Å². The Morgan fingerprint density at radius 1 is 1.22 bits per heavy atom. The van der Waals surface area contributed by atoms with Crippen molar-refractivity contribution in [2.24, 2.45) is 0 Å². The molecule has 122 valence electrons. The van der Waals surface area contributed by atoms with E-state index >= 15 is 0 Å². The highest BCUT2D eigenvalue weighted by Crippen LogP contribution is 2.17. The maximum Gasteiger partial charge on any atom is 0.315 e. The zero-order valence-corrected chi connectivity index (χ0v) is 13.1. The number of rotatable bonds is 5. The highest BCUT2D eigenvalue weighted by Gasteiger charge is 2.16. The van der Waals surface area contributed by atoms with E-state index in [0.29, 0.717) is 19.1 Å². The molecule has 2 amide bonds. The Hall–Kier alpha value is -2.30. The summed E-state index contributed by atoms with van der Waals surface area (Å²) in [5.74, 6) is -0.231. The second-order valence-corrected chi connectivity index (χ2v) is 6.07. The topological polar surface area (TPSA) is 46.1 Å². The van der Waals surface area contributed by atoms with Gasteiger partial charge >= 0.3 is 6.03 Å². The Morgan fingerprint density at radius 3 is 2.83 bits per heavy atom. The van der Waals surface area contributed by atoms with E-state index in [1.807, 2.05) is 29.0 Å². The van der Waals surface area contributed by atoms with Crippen LogP contribution in [-0.2, 0) is 13.1 Å². The number of benzene rings is 1. The van der Waals surface area contributed by atoms with Gasteiger partial charge in [0, 0.05) is 24.5 Å². The molecule has 1 heterocycles. The molecule has 0 aliphatic heterocycles. The third kappa shape index (κ3) is 4.34. The van der Waals surface area contributed by atoms with Crippen molar-refractivity contribution in [1.29, 1.82) is 0 Å². The van der Waals surface area contributed by atoms with E-state index in [2.05, 4.69) is 10.6 Å². The Balaban J connectivity index is 1.54. The number of hydrogen-bond donors (Lipinski definition) is 2. The summed E-state index contributed by atoms with van der Waals surface area (Å²) in [6, 6.07) is 10.7. The molecule has 0 radical (unpaired) electrons. The molecule has 2 aromatic rings. The summed E-state index contributed by atoms with van der Waals surface area (Å²) in [6.45, 7) is 1.05. The maximum absolute atomic E-state index is 13.3. The number of aromatic nitrogens is 1. The minimum atomic E-state index is -0.231. The molecule has 5 heteroatoms. The Labute approximate surface area is 135 Å². The predicted molar refractivity (Wildman–Crippen MR) is 87.6 cm³/mol. The van der Waals surface area contributed by atoms with Crippen molar-refractivity contribution < 1.29 is 9.18 Å². The van der Waals surface area contributed by atoms with Crippen LogP contribution >= 0.6 is 0 Å². The van der Waals surface area contributed by atoms with Crippen LogP contribution in [0.5, 0.6) is 0 Å². The quantitative estimate of drug-likeness (QED) is 0.872. The molecule has 23 heavy (non-hydrogen) atoms. The van der Waals surface area contributed by atoms with Gasteiger partial charge in [-0.2, -0.15) is 0 Å². The number of carbonyl (C=O) groups is 1. The molecule has 0 bridgehead atoms. The van der Waals surface area contributed by atoms with Gasteiger partial charge in [0.25, 0.3) is 0 Å². The molecule has 1 aromatic heterocycles. The third-order valence-electron chi connectivity index (χ3n) is 4.29. The van der Waals surface area contributed by atoms with Crippen LogP contribution in [0.1, 0.15) is 36.9 Å². The van der Waals surface area contributed by atoms with Gasteiger partial charge in [-0.05, 0) is 42.7 Å². The first-order valence-electron chi connectivity index (χ1n) is 8.13. The minimum absolute atomic E-state index is 0.115. The summed E-state index contributed by atoms with van der Waals surface area (Å²) >= 11 is 0. The molecular weight excluding hydrogens is 293 g/mol. The monoisotopic (exact) mass is 315 g/mol. The molecule has 0 saturated heterocycles. The summed E-state index contributed by atoms with van der Waals surface area (Å²) in [5, 5.41) is 5.91. The molecule has 1 fully saturated rings. The number of nitrogens with zero attached hydrogens (tertiary/aromatic N) is 1. The van der Waals surface area contributed by atoms with Gasteiger partial charge in [-0.1, -0.05) is 25.0 Å². The highest BCUT2D eigenvalue weighted by atomic mass is 19.1. The van der Waals surface area contributed by atoms with Gasteiger partial charge in [-0.15, -0.1) is 0 Å². The SMILES string of the molecule is O=C(NCc1cccn1Cc1cccc(F)c1)NC1CCCC1. The normalized spacial score (nSPS) is 14.8. The Morgan fingerprint density at radius 2 is 2.04 bits per heavy atom. The fraction of sp³-hybridized carbons (Fsp3) is 0.389. The molecule has 1 saturated carbocycles. The average Bonchev–Trinajstić information content (AvgIpc) is 3.17. The molecule has 0 unspecified atom stereocenters.